The van der Waals surface area contributed by atoms with E-state index in [4.69, 9.17) is 0 Å². The zero-order chi connectivity index (χ0) is 26.0. The van der Waals surface area contributed by atoms with E-state index in [1.807, 2.05) is 61.5 Å². The van der Waals surface area contributed by atoms with Crippen molar-refractivity contribution in [1.29, 1.82) is 0 Å². The molecule has 0 spiro atoms. The lowest BCUT2D eigenvalue weighted by Gasteiger charge is -2.32. The highest BCUT2D eigenvalue weighted by Gasteiger charge is 2.32. The van der Waals surface area contributed by atoms with Crippen LogP contribution < -0.4 is 5.32 Å². The first kappa shape index (κ1) is 26.9. The third kappa shape index (κ3) is 7.93. The molecule has 1 N–H and O–H groups in total. The molecule has 0 radical (unpaired) electrons. The van der Waals surface area contributed by atoms with Gasteiger partial charge in [-0.1, -0.05) is 91.2 Å². The number of halogens is 1. The van der Waals surface area contributed by atoms with Crippen molar-refractivity contribution in [3.05, 3.63) is 107 Å². The fourth-order valence-electron chi connectivity index (χ4n) is 4.76. The molecule has 4 rings (SSSR count). The van der Waals surface area contributed by atoms with E-state index in [9.17, 15) is 14.0 Å². The molecule has 37 heavy (non-hydrogen) atoms. The third-order valence-corrected chi connectivity index (χ3v) is 7.85. The molecule has 1 aliphatic carbocycles. The summed E-state index contributed by atoms with van der Waals surface area (Å²) in [5.74, 6) is 0.0768. The van der Waals surface area contributed by atoms with E-state index < -0.39 is 6.04 Å². The molecule has 3 aromatic carbocycles. The number of nitrogens with one attached hydrogen (secondary N) is 1. The molecule has 0 heterocycles. The largest absolute Gasteiger partial charge is 0.352 e. The number of benzene rings is 3. The van der Waals surface area contributed by atoms with Gasteiger partial charge in [-0.25, -0.2) is 4.39 Å². The van der Waals surface area contributed by atoms with Gasteiger partial charge in [-0.15, -0.1) is 11.8 Å². The first-order valence-electron chi connectivity index (χ1n) is 13.0. The van der Waals surface area contributed by atoms with Gasteiger partial charge in [0.1, 0.15) is 11.9 Å². The Morgan fingerprint density at radius 3 is 2.32 bits per heavy atom. The fraction of sp³-hybridized carbons (Fsp3) is 0.355. The van der Waals surface area contributed by atoms with Crippen LogP contribution in [0.2, 0.25) is 0 Å². The van der Waals surface area contributed by atoms with Crippen LogP contribution in [-0.4, -0.2) is 34.6 Å². The summed E-state index contributed by atoms with van der Waals surface area (Å²) >= 11 is 1.38. The third-order valence-electron chi connectivity index (χ3n) is 6.89. The Labute approximate surface area is 223 Å². The monoisotopic (exact) mass is 518 g/mol. The van der Waals surface area contributed by atoms with Crippen LogP contribution in [0.15, 0.2) is 78.9 Å². The van der Waals surface area contributed by atoms with E-state index in [-0.39, 0.29) is 29.4 Å². The van der Waals surface area contributed by atoms with Gasteiger partial charge in [-0.2, -0.15) is 0 Å². The SMILES string of the molecule is Cc1ccc(CN(C(=O)CSCc2ccccc2F)[C@H](Cc2ccccc2)C(=O)NC2CCCC2)cc1. The van der Waals surface area contributed by atoms with Crippen molar-refractivity contribution in [2.75, 3.05) is 5.75 Å². The van der Waals surface area contributed by atoms with Crippen LogP contribution in [-0.2, 0) is 28.3 Å². The molecule has 1 fully saturated rings. The van der Waals surface area contributed by atoms with E-state index in [1.165, 1.54) is 17.8 Å². The van der Waals surface area contributed by atoms with Crippen LogP contribution in [0.3, 0.4) is 0 Å². The lowest BCUT2D eigenvalue weighted by atomic mass is 10.0. The molecule has 0 bridgehead atoms. The minimum Gasteiger partial charge on any atom is -0.352 e. The van der Waals surface area contributed by atoms with Gasteiger partial charge >= 0.3 is 0 Å². The Morgan fingerprint density at radius 1 is 0.946 bits per heavy atom. The first-order valence-corrected chi connectivity index (χ1v) is 14.2. The zero-order valence-electron chi connectivity index (χ0n) is 21.4. The number of hydrogen-bond donors (Lipinski definition) is 1. The summed E-state index contributed by atoms with van der Waals surface area (Å²) in [4.78, 5) is 29.1. The maximum atomic E-state index is 14.1. The van der Waals surface area contributed by atoms with Crippen LogP contribution in [0.5, 0.6) is 0 Å². The number of carbonyl (C=O) groups excluding carboxylic acids is 2. The highest BCUT2D eigenvalue weighted by atomic mass is 32.2. The summed E-state index contributed by atoms with van der Waals surface area (Å²) in [5, 5.41) is 3.23. The van der Waals surface area contributed by atoms with Gasteiger partial charge < -0.3 is 10.2 Å². The highest BCUT2D eigenvalue weighted by molar-refractivity contribution is 7.99. The van der Waals surface area contributed by atoms with Crippen LogP contribution in [0.4, 0.5) is 4.39 Å². The minimum absolute atomic E-state index is 0.102. The van der Waals surface area contributed by atoms with E-state index >= 15 is 0 Å². The summed E-state index contributed by atoms with van der Waals surface area (Å²) in [6.45, 7) is 2.37. The topological polar surface area (TPSA) is 49.4 Å². The molecule has 0 saturated heterocycles. The first-order chi connectivity index (χ1) is 18.0. The molecule has 1 saturated carbocycles. The predicted molar refractivity (Wildman–Crippen MR) is 149 cm³/mol. The molecule has 1 aliphatic rings. The van der Waals surface area contributed by atoms with Crippen molar-refractivity contribution < 1.29 is 14.0 Å². The molecule has 1 atom stereocenters. The Bertz CT molecular complexity index is 1160. The Hall–Kier alpha value is -3.12. The fourth-order valence-corrected chi connectivity index (χ4v) is 5.65. The number of hydrogen-bond acceptors (Lipinski definition) is 3. The standard InChI is InChI=1S/C31H35FN2O2S/c1-23-15-17-25(18-16-23)20-34(30(35)22-37-21-26-11-5-8-14-28(26)32)29(19-24-9-3-2-4-10-24)31(36)33-27-12-6-7-13-27/h2-5,8-11,14-18,27,29H,6-7,12-13,19-22H2,1H3,(H,33,36)/t29-/m1/s1. The molecular weight excluding hydrogens is 483 g/mol. The maximum Gasteiger partial charge on any atom is 0.243 e. The second-order valence-corrected chi connectivity index (χ2v) is 10.8. The van der Waals surface area contributed by atoms with Gasteiger partial charge in [0, 0.05) is 24.8 Å². The van der Waals surface area contributed by atoms with Crippen LogP contribution in [0.25, 0.3) is 0 Å². The van der Waals surface area contributed by atoms with Gasteiger partial charge in [-0.3, -0.25) is 9.59 Å². The number of carbonyl (C=O) groups is 2. The molecule has 4 nitrogen and oxygen atoms in total. The minimum atomic E-state index is -0.633. The number of aryl methyl sites for hydroxylation is 1. The van der Waals surface area contributed by atoms with Crippen LogP contribution in [0.1, 0.15) is 47.9 Å². The van der Waals surface area contributed by atoms with Crippen molar-refractivity contribution in [3.63, 3.8) is 0 Å². The number of rotatable bonds is 11. The Balaban J connectivity index is 1.56. The van der Waals surface area contributed by atoms with Crippen molar-refractivity contribution in [2.24, 2.45) is 0 Å². The molecule has 0 aromatic heterocycles. The predicted octanol–water partition coefficient (Wildman–Crippen LogP) is 6.07. The molecule has 2 amide bonds. The van der Waals surface area contributed by atoms with Crippen LogP contribution >= 0.6 is 11.8 Å². The molecule has 0 unspecified atom stereocenters. The highest BCUT2D eigenvalue weighted by Crippen LogP contribution is 2.22. The smallest absolute Gasteiger partial charge is 0.243 e. The van der Waals surface area contributed by atoms with Crippen molar-refractivity contribution in [1.82, 2.24) is 10.2 Å². The van der Waals surface area contributed by atoms with Crippen molar-refractivity contribution in [2.45, 2.75) is 63.4 Å². The van der Waals surface area contributed by atoms with Gasteiger partial charge in [-0.05, 0) is 42.5 Å². The second-order valence-electron chi connectivity index (χ2n) is 9.79. The molecule has 0 aliphatic heterocycles. The van der Waals surface area contributed by atoms with Gasteiger partial charge in [0.05, 0.1) is 5.75 Å². The van der Waals surface area contributed by atoms with Gasteiger partial charge in [0.2, 0.25) is 11.8 Å². The molecular formula is C31H35FN2O2S. The summed E-state index contributed by atoms with van der Waals surface area (Å²) in [5.41, 5.74) is 3.70. The summed E-state index contributed by atoms with van der Waals surface area (Å²) in [6, 6.07) is 24.1. The van der Waals surface area contributed by atoms with E-state index in [0.29, 0.717) is 24.3 Å². The van der Waals surface area contributed by atoms with Crippen LogP contribution in [0, 0.1) is 12.7 Å². The van der Waals surface area contributed by atoms with Gasteiger partial charge in [0.25, 0.3) is 0 Å². The normalized spacial score (nSPS) is 14.3. The van der Waals surface area contributed by atoms with Crippen molar-refractivity contribution in [3.8, 4) is 0 Å². The Kier molecular flexibility index (Phi) is 9.78. The summed E-state index contributed by atoms with van der Waals surface area (Å²) in [6.07, 6.45) is 4.64. The summed E-state index contributed by atoms with van der Waals surface area (Å²) < 4.78 is 14.1. The zero-order valence-corrected chi connectivity index (χ0v) is 22.2. The van der Waals surface area contributed by atoms with E-state index in [0.717, 1.165) is 42.4 Å². The quantitative estimate of drug-likeness (QED) is 0.335. The number of nitrogens with zero attached hydrogens (tertiary/aromatic N) is 1. The lowest BCUT2D eigenvalue weighted by molar-refractivity contribution is -0.139. The Morgan fingerprint density at radius 2 is 1.62 bits per heavy atom. The van der Waals surface area contributed by atoms with Crippen molar-refractivity contribution >= 4 is 23.6 Å². The number of amides is 2. The average molecular weight is 519 g/mol. The molecule has 3 aromatic rings. The molecule has 194 valence electrons. The van der Waals surface area contributed by atoms with Gasteiger partial charge in [0.15, 0.2) is 0 Å². The molecule has 6 heteroatoms. The van der Waals surface area contributed by atoms with E-state index in [1.54, 1.807) is 23.1 Å². The van der Waals surface area contributed by atoms with E-state index in [2.05, 4.69) is 5.32 Å². The lowest BCUT2D eigenvalue weighted by Crippen LogP contribution is -2.52. The number of thioether (sulfide) groups is 1. The maximum absolute atomic E-state index is 14.1. The summed E-state index contributed by atoms with van der Waals surface area (Å²) in [7, 11) is 0. The average Bonchev–Trinajstić information content (AvgIpc) is 3.42. The second kappa shape index (κ2) is 13.4.